The summed E-state index contributed by atoms with van der Waals surface area (Å²) in [5.41, 5.74) is 9.02. The third-order valence-electron chi connectivity index (χ3n) is 5.49. The molecule has 0 bridgehead atoms. The van der Waals surface area contributed by atoms with Crippen LogP contribution in [-0.2, 0) is 4.79 Å². The second kappa shape index (κ2) is 10.5. The lowest BCUT2D eigenvalue weighted by molar-refractivity contribution is -0.138. The van der Waals surface area contributed by atoms with E-state index in [9.17, 15) is 14.4 Å². The van der Waals surface area contributed by atoms with Crippen molar-refractivity contribution in [1.82, 2.24) is 25.9 Å². The van der Waals surface area contributed by atoms with Crippen molar-refractivity contribution >= 4 is 39.8 Å². The number of pyridine rings is 2. The van der Waals surface area contributed by atoms with E-state index < -0.39 is 18.0 Å². The molecule has 1 aromatic carbocycles. The monoisotopic (exact) mass is 524 g/mol. The van der Waals surface area contributed by atoms with Crippen molar-refractivity contribution in [2.45, 2.75) is 26.8 Å². The minimum absolute atomic E-state index is 0.0436. The fraction of sp³-hybridized carbons (Fsp3) is 0.280. The number of nitrogens with zero attached hydrogens (tertiary/aromatic N) is 4. The number of nitrogens with one attached hydrogen (secondary N) is 4. The molecule has 1 aliphatic heterocycles. The molecule has 1 unspecified atom stereocenters. The molecule has 192 valence electrons. The normalized spacial score (nSPS) is 14.1. The number of carboxylic acid groups (broad SMARTS) is 1. The number of hydrazine groups is 2. The molecule has 1 atom stereocenters. The second-order valence-electron chi connectivity index (χ2n) is 9.76. The van der Waals surface area contributed by atoms with Gasteiger partial charge in [-0.05, 0) is 29.2 Å². The number of anilines is 2. The van der Waals surface area contributed by atoms with Crippen LogP contribution in [0, 0.1) is 22.7 Å². The number of fused-ring (bicyclic) bond motifs is 1. The van der Waals surface area contributed by atoms with Crippen LogP contribution in [0.25, 0.3) is 10.9 Å². The Morgan fingerprint density at radius 2 is 2.08 bits per heavy atom. The summed E-state index contributed by atoms with van der Waals surface area (Å²) < 4.78 is 13.6. The average molecular weight is 525 g/mol. The molecule has 4 rings (SSSR count). The fourth-order valence-electron chi connectivity index (χ4n) is 3.78. The zero-order valence-electron chi connectivity index (χ0n) is 20.4. The highest BCUT2D eigenvalue weighted by Crippen LogP contribution is 2.36. The summed E-state index contributed by atoms with van der Waals surface area (Å²) >= 11 is 6.62. The molecular weight excluding hydrogens is 499 g/mol. The maximum atomic E-state index is 13.6. The molecular formula is C25H26ClFN8O2. The summed E-state index contributed by atoms with van der Waals surface area (Å²) in [4.78, 5) is 19.3. The Labute approximate surface area is 218 Å². The van der Waals surface area contributed by atoms with Crippen LogP contribution in [-0.4, -0.2) is 39.1 Å². The molecule has 0 amide bonds. The van der Waals surface area contributed by atoms with Crippen LogP contribution in [0.1, 0.15) is 37.9 Å². The van der Waals surface area contributed by atoms with Crippen LogP contribution in [0.2, 0.25) is 5.02 Å². The van der Waals surface area contributed by atoms with E-state index in [-0.39, 0.29) is 12.0 Å². The zero-order chi connectivity index (χ0) is 26.7. The lowest BCUT2D eigenvalue weighted by atomic mass is 9.96. The van der Waals surface area contributed by atoms with Crippen LogP contribution in [0.4, 0.5) is 15.8 Å². The third-order valence-corrected chi connectivity index (χ3v) is 5.78. The molecule has 0 saturated carbocycles. The Morgan fingerprint density at radius 1 is 1.30 bits per heavy atom. The summed E-state index contributed by atoms with van der Waals surface area (Å²) in [5.74, 6) is -1.64. The van der Waals surface area contributed by atoms with Crippen molar-refractivity contribution in [3.63, 3.8) is 0 Å². The number of nitriles is 1. The number of aromatic nitrogens is 2. The van der Waals surface area contributed by atoms with Crippen molar-refractivity contribution < 1.29 is 14.3 Å². The van der Waals surface area contributed by atoms with Crippen LogP contribution in [0.5, 0.6) is 0 Å². The van der Waals surface area contributed by atoms with Gasteiger partial charge in [-0.15, -0.1) is 5.53 Å². The summed E-state index contributed by atoms with van der Waals surface area (Å²) in [6.45, 7) is 6.59. The minimum Gasteiger partial charge on any atom is -0.480 e. The minimum atomic E-state index is -1.02. The molecule has 1 aliphatic rings. The molecule has 0 spiro atoms. The van der Waals surface area contributed by atoms with Gasteiger partial charge in [-0.25, -0.2) is 4.98 Å². The number of halogens is 2. The van der Waals surface area contributed by atoms with E-state index in [1.807, 2.05) is 6.07 Å². The number of benzene rings is 1. The first kappa shape index (κ1) is 25.9. The Bertz CT molecular complexity index is 1400. The van der Waals surface area contributed by atoms with Crippen LogP contribution >= 0.6 is 11.6 Å². The predicted octanol–water partition coefficient (Wildman–Crippen LogP) is 4.16. The van der Waals surface area contributed by atoms with Crippen LogP contribution in [0.15, 0.2) is 48.6 Å². The number of carbonyl (C=O) groups is 1. The van der Waals surface area contributed by atoms with Gasteiger partial charge in [0.15, 0.2) is 0 Å². The van der Waals surface area contributed by atoms with Crippen LogP contribution < -0.4 is 21.6 Å². The number of rotatable bonds is 8. The largest absolute Gasteiger partial charge is 0.480 e. The summed E-state index contributed by atoms with van der Waals surface area (Å²) in [5, 5.41) is 28.0. The van der Waals surface area contributed by atoms with E-state index in [1.54, 1.807) is 18.3 Å². The van der Waals surface area contributed by atoms with E-state index in [2.05, 4.69) is 58.4 Å². The van der Waals surface area contributed by atoms with E-state index >= 15 is 0 Å². The number of carboxylic acids is 1. The maximum absolute atomic E-state index is 13.6. The van der Waals surface area contributed by atoms with E-state index in [0.29, 0.717) is 50.7 Å². The molecule has 0 fully saturated rings. The molecule has 37 heavy (non-hydrogen) atoms. The molecule has 3 aromatic rings. The average Bonchev–Trinajstić information content (AvgIpc) is 3.28. The van der Waals surface area contributed by atoms with Gasteiger partial charge < -0.3 is 21.2 Å². The SMILES string of the molecule is CC(C)(C)CNc1c(C#N)cnc2c(Cl)cc(NC(C3=CN(CC(=O)O)NN3)c3ccc(F)nc3)cc12. The highest BCUT2D eigenvalue weighted by Gasteiger charge is 2.24. The fourth-order valence-corrected chi connectivity index (χ4v) is 4.05. The van der Waals surface area contributed by atoms with Gasteiger partial charge in [-0.3, -0.25) is 14.8 Å². The summed E-state index contributed by atoms with van der Waals surface area (Å²) in [6.07, 6.45) is 4.49. The van der Waals surface area contributed by atoms with Gasteiger partial charge in [0.2, 0.25) is 5.95 Å². The van der Waals surface area contributed by atoms with Crippen molar-refractivity contribution in [3.05, 3.63) is 70.7 Å². The lowest BCUT2D eigenvalue weighted by Gasteiger charge is -2.23. The van der Waals surface area contributed by atoms with Crippen molar-refractivity contribution in [2.75, 3.05) is 23.7 Å². The standard InChI is InChI=1S/C25H26ClFN8O2/c1-25(2,3)13-31-22-15(8-28)10-30-24-17(22)6-16(7-18(24)26)32-23(14-4-5-20(27)29-9-14)19-11-35(34-33-19)12-21(36)37/h4-7,9-11,23,32-34H,12-13H2,1-3H3,(H,30,31)(H,36,37). The van der Waals surface area contributed by atoms with Gasteiger partial charge in [-0.1, -0.05) is 38.4 Å². The first-order valence-corrected chi connectivity index (χ1v) is 11.8. The van der Waals surface area contributed by atoms with Gasteiger partial charge in [0, 0.05) is 36.2 Å². The lowest BCUT2D eigenvalue weighted by Crippen LogP contribution is -2.40. The molecule has 10 nitrogen and oxygen atoms in total. The van der Waals surface area contributed by atoms with E-state index in [1.165, 1.54) is 23.5 Å². The third kappa shape index (κ3) is 6.17. The van der Waals surface area contributed by atoms with Crippen molar-refractivity contribution in [1.29, 1.82) is 5.26 Å². The Balaban J connectivity index is 1.77. The zero-order valence-corrected chi connectivity index (χ0v) is 21.2. The van der Waals surface area contributed by atoms with E-state index in [0.717, 1.165) is 0 Å². The molecule has 5 N–H and O–H groups in total. The summed E-state index contributed by atoms with van der Waals surface area (Å²) in [6, 6.07) is 7.97. The molecule has 0 saturated heterocycles. The van der Waals surface area contributed by atoms with E-state index in [4.69, 9.17) is 16.7 Å². The molecule has 2 aromatic heterocycles. The number of aliphatic carboxylic acids is 1. The number of hydrogen-bond donors (Lipinski definition) is 5. The van der Waals surface area contributed by atoms with Gasteiger partial charge in [0.05, 0.1) is 33.5 Å². The van der Waals surface area contributed by atoms with Gasteiger partial charge in [0.25, 0.3) is 0 Å². The van der Waals surface area contributed by atoms with Crippen LogP contribution in [0.3, 0.4) is 0 Å². The van der Waals surface area contributed by atoms with Gasteiger partial charge in [0.1, 0.15) is 12.6 Å². The molecule has 0 radical (unpaired) electrons. The number of hydrogen-bond acceptors (Lipinski definition) is 9. The van der Waals surface area contributed by atoms with Crippen molar-refractivity contribution in [2.24, 2.45) is 5.41 Å². The molecule has 0 aliphatic carbocycles. The topological polar surface area (TPSA) is 138 Å². The molecule has 12 heteroatoms. The Kier molecular flexibility index (Phi) is 7.33. The smallest absolute Gasteiger partial charge is 0.324 e. The molecule has 3 heterocycles. The second-order valence-corrected chi connectivity index (χ2v) is 10.2. The predicted molar refractivity (Wildman–Crippen MR) is 139 cm³/mol. The van der Waals surface area contributed by atoms with Gasteiger partial charge in [-0.2, -0.15) is 9.65 Å². The first-order valence-electron chi connectivity index (χ1n) is 11.4. The first-order chi connectivity index (χ1) is 17.5. The highest BCUT2D eigenvalue weighted by atomic mass is 35.5. The Morgan fingerprint density at radius 3 is 2.73 bits per heavy atom. The Hall–Kier alpha value is -4.14. The quantitative estimate of drug-likeness (QED) is 0.273. The van der Waals surface area contributed by atoms with Crippen molar-refractivity contribution in [3.8, 4) is 6.07 Å². The summed E-state index contributed by atoms with van der Waals surface area (Å²) in [7, 11) is 0. The maximum Gasteiger partial charge on any atom is 0.324 e. The van der Waals surface area contributed by atoms with Gasteiger partial charge >= 0.3 is 5.97 Å². The highest BCUT2D eigenvalue weighted by molar-refractivity contribution is 6.35.